The third-order valence-corrected chi connectivity index (χ3v) is 4.53. The van der Waals surface area contributed by atoms with Gasteiger partial charge in [0.25, 0.3) is 0 Å². The Labute approximate surface area is 173 Å². The largest absolute Gasteiger partial charge is 0.474 e. The van der Waals surface area contributed by atoms with E-state index >= 15 is 0 Å². The first-order chi connectivity index (χ1) is 14.3. The van der Waals surface area contributed by atoms with E-state index in [1.54, 1.807) is 43.3 Å². The molecule has 0 saturated carbocycles. The molecule has 0 aliphatic carbocycles. The SMILES string of the molecule is CCOC(=O)[C@H](CO)C[C@@H](Cc1ccc(-c2cccc(F)c2)cc1)NC(=O)C(=O)O. The Morgan fingerprint density at radius 3 is 2.37 bits per heavy atom. The van der Waals surface area contributed by atoms with Crippen LogP contribution < -0.4 is 5.32 Å². The lowest BCUT2D eigenvalue weighted by atomic mass is 9.94. The van der Waals surface area contributed by atoms with Crippen molar-refractivity contribution in [2.75, 3.05) is 13.2 Å². The molecule has 2 atom stereocenters. The van der Waals surface area contributed by atoms with E-state index in [1.807, 2.05) is 0 Å². The summed E-state index contributed by atoms with van der Waals surface area (Å²) in [6.45, 7) is 1.29. The average molecular weight is 417 g/mol. The summed E-state index contributed by atoms with van der Waals surface area (Å²) in [5, 5.41) is 20.8. The van der Waals surface area contributed by atoms with Gasteiger partial charge in [-0.05, 0) is 48.6 Å². The summed E-state index contributed by atoms with van der Waals surface area (Å²) in [5.74, 6) is -4.69. The molecule has 1 amide bonds. The number of hydrogen-bond donors (Lipinski definition) is 3. The average Bonchev–Trinajstić information content (AvgIpc) is 2.72. The Bertz CT molecular complexity index is 883. The fourth-order valence-electron chi connectivity index (χ4n) is 3.08. The zero-order valence-electron chi connectivity index (χ0n) is 16.5. The molecule has 2 aromatic rings. The molecule has 0 unspecified atom stereocenters. The van der Waals surface area contributed by atoms with E-state index in [0.717, 1.165) is 11.1 Å². The highest BCUT2D eigenvalue weighted by atomic mass is 19.1. The number of benzene rings is 2. The fourth-order valence-corrected chi connectivity index (χ4v) is 3.08. The second-order valence-corrected chi connectivity index (χ2v) is 6.75. The Hall–Kier alpha value is -3.26. The molecule has 0 saturated heterocycles. The van der Waals surface area contributed by atoms with Crippen molar-refractivity contribution in [1.29, 1.82) is 0 Å². The number of aliphatic hydroxyl groups is 1. The number of aliphatic hydroxyl groups excluding tert-OH is 1. The van der Waals surface area contributed by atoms with Crippen molar-refractivity contribution in [1.82, 2.24) is 5.32 Å². The van der Waals surface area contributed by atoms with Crippen LogP contribution in [0.3, 0.4) is 0 Å². The maximum Gasteiger partial charge on any atom is 0.394 e. The molecule has 0 aromatic heterocycles. The lowest BCUT2D eigenvalue weighted by Crippen LogP contribution is -2.43. The second-order valence-electron chi connectivity index (χ2n) is 6.75. The number of halogens is 1. The quantitative estimate of drug-likeness (QED) is 0.426. The van der Waals surface area contributed by atoms with Gasteiger partial charge in [0.1, 0.15) is 5.82 Å². The van der Waals surface area contributed by atoms with Crippen LogP contribution in [0.15, 0.2) is 48.5 Å². The number of carboxylic acid groups (broad SMARTS) is 1. The van der Waals surface area contributed by atoms with Crippen LogP contribution >= 0.6 is 0 Å². The van der Waals surface area contributed by atoms with Crippen LogP contribution in [0.1, 0.15) is 18.9 Å². The molecule has 160 valence electrons. The van der Waals surface area contributed by atoms with Crippen molar-refractivity contribution < 1.29 is 33.7 Å². The van der Waals surface area contributed by atoms with Crippen LogP contribution in [0.2, 0.25) is 0 Å². The molecular weight excluding hydrogens is 393 g/mol. The summed E-state index contributed by atoms with van der Waals surface area (Å²) in [5.41, 5.74) is 2.27. The summed E-state index contributed by atoms with van der Waals surface area (Å²) in [4.78, 5) is 34.5. The van der Waals surface area contributed by atoms with Crippen LogP contribution in [0.5, 0.6) is 0 Å². The van der Waals surface area contributed by atoms with Gasteiger partial charge < -0.3 is 20.3 Å². The van der Waals surface area contributed by atoms with E-state index in [1.165, 1.54) is 12.1 Å². The van der Waals surface area contributed by atoms with E-state index in [4.69, 9.17) is 9.84 Å². The highest BCUT2D eigenvalue weighted by molar-refractivity contribution is 6.31. The Morgan fingerprint density at radius 1 is 1.10 bits per heavy atom. The zero-order chi connectivity index (χ0) is 22.1. The van der Waals surface area contributed by atoms with Crippen LogP contribution in [0.4, 0.5) is 4.39 Å². The van der Waals surface area contributed by atoms with Crippen molar-refractivity contribution in [3.8, 4) is 11.1 Å². The smallest absolute Gasteiger partial charge is 0.394 e. The molecular formula is C22H24FNO6. The topological polar surface area (TPSA) is 113 Å². The molecule has 3 N–H and O–H groups in total. The maximum atomic E-state index is 13.4. The number of carbonyl (C=O) groups excluding carboxylic acids is 2. The number of nitrogens with one attached hydrogen (secondary N) is 1. The third kappa shape index (κ3) is 6.66. The first-order valence-electron chi connectivity index (χ1n) is 9.50. The number of ether oxygens (including phenoxy) is 1. The van der Waals surface area contributed by atoms with Crippen molar-refractivity contribution in [2.24, 2.45) is 5.92 Å². The van der Waals surface area contributed by atoms with Crippen LogP contribution in [0, 0.1) is 11.7 Å². The predicted octanol–water partition coefficient (Wildman–Crippen LogP) is 2.17. The van der Waals surface area contributed by atoms with Crippen molar-refractivity contribution in [3.05, 3.63) is 59.9 Å². The summed E-state index contributed by atoms with van der Waals surface area (Å²) in [7, 11) is 0. The minimum absolute atomic E-state index is 0.0139. The normalized spacial score (nSPS) is 12.6. The Morgan fingerprint density at radius 2 is 1.80 bits per heavy atom. The highest BCUT2D eigenvalue weighted by Crippen LogP contribution is 2.22. The van der Waals surface area contributed by atoms with Crippen molar-refractivity contribution in [2.45, 2.75) is 25.8 Å². The summed E-state index contributed by atoms with van der Waals surface area (Å²) in [6.07, 6.45) is 0.248. The van der Waals surface area contributed by atoms with Gasteiger partial charge in [0.2, 0.25) is 0 Å². The minimum atomic E-state index is -1.64. The number of rotatable bonds is 9. The molecule has 2 aromatic carbocycles. The van der Waals surface area contributed by atoms with Crippen molar-refractivity contribution >= 4 is 17.8 Å². The summed E-state index contributed by atoms with van der Waals surface area (Å²) in [6, 6.07) is 12.6. The monoisotopic (exact) mass is 417 g/mol. The lowest BCUT2D eigenvalue weighted by Gasteiger charge is -2.22. The summed E-state index contributed by atoms with van der Waals surface area (Å²) < 4.78 is 18.3. The van der Waals surface area contributed by atoms with E-state index < -0.39 is 36.4 Å². The molecule has 0 fully saturated rings. The molecule has 0 radical (unpaired) electrons. The van der Waals surface area contributed by atoms with Gasteiger partial charge in [-0.1, -0.05) is 36.4 Å². The Balaban J connectivity index is 2.16. The Kier molecular flexibility index (Phi) is 8.49. The first kappa shape index (κ1) is 23.0. The molecule has 0 aliphatic rings. The van der Waals surface area contributed by atoms with Crippen molar-refractivity contribution in [3.63, 3.8) is 0 Å². The molecule has 0 spiro atoms. The third-order valence-electron chi connectivity index (χ3n) is 4.53. The molecule has 0 bridgehead atoms. The fraction of sp³-hybridized carbons (Fsp3) is 0.318. The molecule has 2 rings (SSSR count). The number of carbonyl (C=O) groups is 3. The van der Waals surface area contributed by atoms with Gasteiger partial charge in [-0.15, -0.1) is 0 Å². The summed E-state index contributed by atoms with van der Waals surface area (Å²) >= 11 is 0. The molecule has 0 heterocycles. The number of carboxylic acids is 1. The molecule has 7 nitrogen and oxygen atoms in total. The molecule has 0 aliphatic heterocycles. The van der Waals surface area contributed by atoms with E-state index in [9.17, 15) is 23.9 Å². The van der Waals surface area contributed by atoms with E-state index in [0.29, 0.717) is 5.56 Å². The standard InChI is InChI=1S/C22H24FNO6/c1-2-30-22(29)17(13-25)12-19(24-20(26)21(27)28)10-14-6-8-15(9-7-14)16-4-3-5-18(23)11-16/h3-9,11,17,19,25H,2,10,12-13H2,1H3,(H,24,26)(H,27,28)/t17-,19+/m0/s1. The molecule has 8 heteroatoms. The van der Waals surface area contributed by atoms with Gasteiger partial charge in [0, 0.05) is 6.04 Å². The van der Waals surface area contributed by atoms with Gasteiger partial charge in [-0.25, -0.2) is 9.18 Å². The number of esters is 1. The van der Waals surface area contributed by atoms with Gasteiger partial charge in [0.05, 0.1) is 19.1 Å². The first-order valence-corrected chi connectivity index (χ1v) is 9.50. The van der Waals surface area contributed by atoms with Gasteiger partial charge in [-0.2, -0.15) is 0 Å². The minimum Gasteiger partial charge on any atom is -0.474 e. The van der Waals surface area contributed by atoms with E-state index in [-0.39, 0.29) is 25.3 Å². The highest BCUT2D eigenvalue weighted by Gasteiger charge is 2.26. The van der Waals surface area contributed by atoms with Gasteiger partial charge >= 0.3 is 17.8 Å². The van der Waals surface area contributed by atoms with Crippen LogP contribution in [-0.4, -0.2) is 47.3 Å². The second kappa shape index (κ2) is 11.1. The zero-order valence-corrected chi connectivity index (χ0v) is 16.5. The van der Waals surface area contributed by atoms with E-state index in [2.05, 4.69) is 5.32 Å². The lowest BCUT2D eigenvalue weighted by molar-refractivity contribution is -0.151. The van der Waals surface area contributed by atoms with Crippen LogP contribution in [-0.2, 0) is 25.5 Å². The number of aliphatic carboxylic acids is 1. The van der Waals surface area contributed by atoms with Crippen LogP contribution in [0.25, 0.3) is 11.1 Å². The predicted molar refractivity (Wildman–Crippen MR) is 107 cm³/mol. The molecule has 30 heavy (non-hydrogen) atoms. The number of hydrogen-bond acceptors (Lipinski definition) is 5. The van der Waals surface area contributed by atoms with Gasteiger partial charge in [-0.3, -0.25) is 9.59 Å². The maximum absolute atomic E-state index is 13.4. The number of amides is 1. The van der Waals surface area contributed by atoms with Gasteiger partial charge in [0.15, 0.2) is 0 Å².